The van der Waals surface area contributed by atoms with Crippen LogP contribution in [0.1, 0.15) is 32.1 Å². The zero-order valence-corrected chi connectivity index (χ0v) is 16.2. The van der Waals surface area contributed by atoms with Crippen LogP contribution in [-0.2, 0) is 0 Å². The highest BCUT2D eigenvalue weighted by Crippen LogP contribution is 2.31. The molecule has 0 radical (unpaired) electrons. The molecule has 0 aromatic carbocycles. The summed E-state index contributed by atoms with van der Waals surface area (Å²) in [5, 5.41) is 7.01. The van der Waals surface area contributed by atoms with Gasteiger partial charge in [-0.1, -0.05) is 18.9 Å². The molecule has 23 heavy (non-hydrogen) atoms. The lowest BCUT2D eigenvalue weighted by atomic mass is 10.1. The molecule has 2 aliphatic rings. The molecule has 2 heterocycles. The molecule has 6 heteroatoms. The van der Waals surface area contributed by atoms with Crippen molar-refractivity contribution >= 4 is 35.8 Å². The molecule has 1 saturated heterocycles. The number of aliphatic imine (C=N–C) groups is 1. The van der Waals surface area contributed by atoms with E-state index in [0.29, 0.717) is 6.04 Å². The first-order valence-electron chi connectivity index (χ1n) is 8.48. The maximum Gasteiger partial charge on any atom is 0.191 e. The minimum absolute atomic E-state index is 0. The highest BCUT2D eigenvalue weighted by molar-refractivity contribution is 14.0. The molecule has 128 valence electrons. The summed E-state index contributed by atoms with van der Waals surface area (Å²) in [7, 11) is 1.86. The number of nitrogens with zero attached hydrogens (tertiary/aromatic N) is 3. The van der Waals surface area contributed by atoms with E-state index in [1.165, 1.54) is 19.3 Å². The average molecular weight is 429 g/mol. The van der Waals surface area contributed by atoms with Crippen LogP contribution in [0.4, 0.5) is 5.82 Å². The molecule has 3 rings (SSSR count). The summed E-state index contributed by atoms with van der Waals surface area (Å²) < 4.78 is 0. The fraction of sp³-hybridized carbons (Fsp3) is 0.647. The average Bonchev–Trinajstić information content (AvgIpc) is 3.40. The summed E-state index contributed by atoms with van der Waals surface area (Å²) in [6, 6.07) is 6.62. The van der Waals surface area contributed by atoms with Gasteiger partial charge in [0.2, 0.25) is 0 Å². The van der Waals surface area contributed by atoms with Crippen molar-refractivity contribution in [3.05, 3.63) is 24.4 Å². The lowest BCUT2D eigenvalue weighted by molar-refractivity contribution is 0.459. The van der Waals surface area contributed by atoms with E-state index >= 15 is 0 Å². The van der Waals surface area contributed by atoms with E-state index in [2.05, 4.69) is 37.6 Å². The Labute approximate surface area is 156 Å². The number of aromatic nitrogens is 1. The molecule has 0 atom stereocenters. The van der Waals surface area contributed by atoms with E-state index in [0.717, 1.165) is 50.2 Å². The van der Waals surface area contributed by atoms with Gasteiger partial charge in [-0.2, -0.15) is 0 Å². The van der Waals surface area contributed by atoms with Gasteiger partial charge in [0.1, 0.15) is 5.82 Å². The number of nitrogens with one attached hydrogen (secondary N) is 2. The second-order valence-corrected chi connectivity index (χ2v) is 6.32. The molecule has 1 saturated carbocycles. The predicted molar refractivity (Wildman–Crippen MR) is 107 cm³/mol. The number of rotatable bonds is 5. The van der Waals surface area contributed by atoms with Crippen molar-refractivity contribution in [2.75, 3.05) is 31.6 Å². The number of piperidine rings is 1. The fourth-order valence-corrected chi connectivity index (χ4v) is 2.98. The number of anilines is 1. The summed E-state index contributed by atoms with van der Waals surface area (Å²) >= 11 is 0. The standard InChI is InChI=1S/C17H27N5.HI/c1-18-17(20-11-7-14-5-6-14)21-15-8-12-22(13-9-15)16-4-2-3-10-19-16;/h2-4,10,14-15H,5-9,11-13H2,1H3,(H2,18,20,21);1H. The Kier molecular flexibility index (Phi) is 7.39. The summed E-state index contributed by atoms with van der Waals surface area (Å²) in [4.78, 5) is 11.1. The van der Waals surface area contributed by atoms with Crippen LogP contribution in [0.25, 0.3) is 0 Å². The van der Waals surface area contributed by atoms with E-state index in [4.69, 9.17) is 0 Å². The van der Waals surface area contributed by atoms with Gasteiger partial charge in [0, 0.05) is 38.9 Å². The number of guanidine groups is 1. The lowest BCUT2D eigenvalue weighted by Gasteiger charge is -2.33. The predicted octanol–water partition coefficient (Wildman–Crippen LogP) is 2.63. The zero-order valence-electron chi connectivity index (χ0n) is 13.9. The number of hydrogen-bond acceptors (Lipinski definition) is 3. The van der Waals surface area contributed by atoms with Crippen LogP contribution in [0.2, 0.25) is 0 Å². The molecule has 0 amide bonds. The summed E-state index contributed by atoms with van der Waals surface area (Å²) in [6.45, 7) is 3.14. The molecule has 2 N–H and O–H groups in total. The van der Waals surface area contributed by atoms with Crippen molar-refractivity contribution in [2.24, 2.45) is 10.9 Å². The molecular formula is C17H28IN5. The van der Waals surface area contributed by atoms with Crippen LogP contribution < -0.4 is 15.5 Å². The SMILES string of the molecule is CN=C(NCCC1CC1)NC1CCN(c2ccccn2)CC1.I. The van der Waals surface area contributed by atoms with Gasteiger partial charge >= 0.3 is 0 Å². The Morgan fingerprint density at radius 3 is 2.65 bits per heavy atom. The third kappa shape index (κ3) is 5.82. The number of pyridine rings is 1. The maximum atomic E-state index is 4.44. The van der Waals surface area contributed by atoms with Crippen molar-refractivity contribution < 1.29 is 0 Å². The Morgan fingerprint density at radius 1 is 1.26 bits per heavy atom. The van der Waals surface area contributed by atoms with E-state index in [-0.39, 0.29) is 24.0 Å². The van der Waals surface area contributed by atoms with E-state index < -0.39 is 0 Å². The minimum Gasteiger partial charge on any atom is -0.356 e. The highest BCUT2D eigenvalue weighted by Gasteiger charge is 2.22. The van der Waals surface area contributed by atoms with Crippen LogP contribution in [0.15, 0.2) is 29.4 Å². The highest BCUT2D eigenvalue weighted by atomic mass is 127. The van der Waals surface area contributed by atoms with Crippen molar-refractivity contribution in [2.45, 2.75) is 38.1 Å². The van der Waals surface area contributed by atoms with Crippen molar-refractivity contribution in [3.63, 3.8) is 0 Å². The van der Waals surface area contributed by atoms with Crippen LogP contribution in [-0.4, -0.2) is 43.7 Å². The van der Waals surface area contributed by atoms with E-state index in [9.17, 15) is 0 Å². The second kappa shape index (κ2) is 9.30. The van der Waals surface area contributed by atoms with Gasteiger partial charge in [-0.15, -0.1) is 24.0 Å². The monoisotopic (exact) mass is 429 g/mol. The molecule has 2 fully saturated rings. The first kappa shape index (κ1) is 18.3. The Balaban J connectivity index is 0.00000192. The Morgan fingerprint density at radius 2 is 2.04 bits per heavy atom. The third-order valence-corrected chi connectivity index (χ3v) is 4.57. The summed E-state index contributed by atoms with van der Waals surface area (Å²) in [6.07, 6.45) is 8.23. The van der Waals surface area contributed by atoms with Gasteiger partial charge < -0.3 is 15.5 Å². The fourth-order valence-electron chi connectivity index (χ4n) is 2.98. The molecule has 5 nitrogen and oxygen atoms in total. The minimum atomic E-state index is 0. The van der Waals surface area contributed by atoms with Gasteiger partial charge in [-0.25, -0.2) is 4.98 Å². The summed E-state index contributed by atoms with van der Waals surface area (Å²) in [5.74, 6) is 3.01. The normalized spacial score (nSPS) is 19.2. The van der Waals surface area contributed by atoms with Crippen LogP contribution in [0.3, 0.4) is 0 Å². The molecule has 1 aromatic rings. The Hall–Kier alpha value is -1.05. The number of hydrogen-bond donors (Lipinski definition) is 2. The van der Waals surface area contributed by atoms with Crippen molar-refractivity contribution in [1.29, 1.82) is 0 Å². The quantitative estimate of drug-likeness (QED) is 0.430. The van der Waals surface area contributed by atoms with E-state index in [1.54, 1.807) is 0 Å². The molecule has 0 bridgehead atoms. The van der Waals surface area contributed by atoms with Crippen LogP contribution in [0.5, 0.6) is 0 Å². The molecule has 1 aliphatic carbocycles. The van der Waals surface area contributed by atoms with Crippen LogP contribution >= 0.6 is 24.0 Å². The van der Waals surface area contributed by atoms with Crippen LogP contribution in [0, 0.1) is 5.92 Å². The van der Waals surface area contributed by atoms with Gasteiger partial charge in [0.05, 0.1) is 0 Å². The van der Waals surface area contributed by atoms with Gasteiger partial charge in [0.25, 0.3) is 0 Å². The van der Waals surface area contributed by atoms with Gasteiger partial charge in [0.15, 0.2) is 5.96 Å². The summed E-state index contributed by atoms with van der Waals surface area (Å²) in [5.41, 5.74) is 0. The van der Waals surface area contributed by atoms with Gasteiger partial charge in [-0.05, 0) is 37.3 Å². The maximum absolute atomic E-state index is 4.44. The number of halogens is 1. The zero-order chi connectivity index (χ0) is 15.2. The smallest absolute Gasteiger partial charge is 0.191 e. The van der Waals surface area contributed by atoms with Gasteiger partial charge in [-0.3, -0.25) is 4.99 Å². The second-order valence-electron chi connectivity index (χ2n) is 6.32. The third-order valence-electron chi connectivity index (χ3n) is 4.57. The molecule has 0 spiro atoms. The largest absolute Gasteiger partial charge is 0.356 e. The topological polar surface area (TPSA) is 52.6 Å². The lowest BCUT2D eigenvalue weighted by Crippen LogP contribution is -2.49. The van der Waals surface area contributed by atoms with Crippen molar-refractivity contribution in [1.82, 2.24) is 15.6 Å². The molecule has 1 aromatic heterocycles. The van der Waals surface area contributed by atoms with Crippen molar-refractivity contribution in [3.8, 4) is 0 Å². The molecule has 0 unspecified atom stereocenters. The Bertz CT molecular complexity index is 481. The molecular weight excluding hydrogens is 401 g/mol. The first-order chi connectivity index (χ1) is 10.8. The first-order valence-corrected chi connectivity index (χ1v) is 8.48. The molecule has 1 aliphatic heterocycles. The van der Waals surface area contributed by atoms with E-state index in [1.807, 2.05) is 19.3 Å².